The van der Waals surface area contributed by atoms with Gasteiger partial charge < -0.3 is 19.2 Å². The molecule has 0 fully saturated rings. The highest BCUT2D eigenvalue weighted by atomic mass is 35.5. The predicted octanol–water partition coefficient (Wildman–Crippen LogP) is 6.05. The van der Waals surface area contributed by atoms with Crippen molar-refractivity contribution in [3.8, 4) is 22.8 Å². The van der Waals surface area contributed by atoms with Crippen molar-refractivity contribution in [3.63, 3.8) is 0 Å². The largest absolute Gasteiger partial charge is 0.495 e. The SMILES string of the molecule is COc1cc(NC(=S)NC(=O)c2ccc(-c3ccc(Cl)c(Cl)c3)o2)c(OC)cc1Cl. The Morgan fingerprint density at radius 1 is 0.933 bits per heavy atom. The summed E-state index contributed by atoms with van der Waals surface area (Å²) in [6.45, 7) is 0. The molecule has 30 heavy (non-hydrogen) atoms. The molecule has 2 aromatic carbocycles. The lowest BCUT2D eigenvalue weighted by Crippen LogP contribution is -2.34. The van der Waals surface area contributed by atoms with Crippen molar-refractivity contribution in [2.45, 2.75) is 0 Å². The van der Waals surface area contributed by atoms with E-state index < -0.39 is 5.91 Å². The molecule has 0 radical (unpaired) electrons. The van der Waals surface area contributed by atoms with Crippen molar-refractivity contribution < 1.29 is 18.7 Å². The third-order valence-electron chi connectivity index (χ3n) is 3.98. The fraction of sp³-hybridized carbons (Fsp3) is 0.100. The fourth-order valence-electron chi connectivity index (χ4n) is 2.54. The third-order valence-corrected chi connectivity index (χ3v) is 5.22. The van der Waals surface area contributed by atoms with Gasteiger partial charge >= 0.3 is 0 Å². The second-order valence-electron chi connectivity index (χ2n) is 5.89. The van der Waals surface area contributed by atoms with Gasteiger partial charge in [0.1, 0.15) is 17.3 Å². The number of furan rings is 1. The summed E-state index contributed by atoms with van der Waals surface area (Å²) in [5.41, 5.74) is 1.15. The van der Waals surface area contributed by atoms with Gasteiger partial charge in [0.25, 0.3) is 5.91 Å². The van der Waals surface area contributed by atoms with Crippen molar-refractivity contribution in [3.05, 3.63) is 63.3 Å². The van der Waals surface area contributed by atoms with Gasteiger partial charge in [-0.2, -0.15) is 0 Å². The summed E-state index contributed by atoms with van der Waals surface area (Å²) in [5, 5.41) is 6.65. The van der Waals surface area contributed by atoms with E-state index in [1.165, 1.54) is 20.3 Å². The third kappa shape index (κ3) is 4.99. The van der Waals surface area contributed by atoms with Crippen LogP contribution < -0.4 is 20.1 Å². The van der Waals surface area contributed by atoms with Crippen LogP contribution in [0.3, 0.4) is 0 Å². The molecule has 0 saturated carbocycles. The van der Waals surface area contributed by atoms with Gasteiger partial charge in [-0.1, -0.05) is 34.8 Å². The number of halogens is 3. The number of hydrogen-bond acceptors (Lipinski definition) is 5. The summed E-state index contributed by atoms with van der Waals surface area (Å²) in [7, 11) is 2.97. The smallest absolute Gasteiger partial charge is 0.293 e. The highest BCUT2D eigenvalue weighted by Crippen LogP contribution is 2.36. The van der Waals surface area contributed by atoms with Crippen molar-refractivity contribution in [1.29, 1.82) is 0 Å². The highest BCUT2D eigenvalue weighted by molar-refractivity contribution is 7.80. The Morgan fingerprint density at radius 2 is 1.67 bits per heavy atom. The number of methoxy groups -OCH3 is 2. The van der Waals surface area contributed by atoms with Crippen molar-refractivity contribution in [2.75, 3.05) is 19.5 Å². The van der Waals surface area contributed by atoms with E-state index in [4.69, 9.17) is 60.9 Å². The van der Waals surface area contributed by atoms with Gasteiger partial charge in [0, 0.05) is 17.7 Å². The lowest BCUT2D eigenvalue weighted by atomic mass is 10.2. The van der Waals surface area contributed by atoms with Crippen molar-refractivity contribution in [1.82, 2.24) is 5.32 Å². The molecule has 0 unspecified atom stereocenters. The van der Waals surface area contributed by atoms with Crippen LogP contribution in [0.25, 0.3) is 11.3 Å². The van der Waals surface area contributed by atoms with Gasteiger partial charge in [-0.3, -0.25) is 10.1 Å². The first-order valence-corrected chi connectivity index (χ1v) is 9.95. The number of hydrogen-bond donors (Lipinski definition) is 2. The second-order valence-corrected chi connectivity index (χ2v) is 7.52. The monoisotopic (exact) mass is 484 g/mol. The number of nitrogens with one attached hydrogen (secondary N) is 2. The summed E-state index contributed by atoms with van der Waals surface area (Å²) in [4.78, 5) is 12.5. The maximum Gasteiger partial charge on any atom is 0.293 e. The Morgan fingerprint density at radius 3 is 2.33 bits per heavy atom. The molecule has 10 heteroatoms. The molecule has 0 spiro atoms. The first-order chi connectivity index (χ1) is 14.3. The highest BCUT2D eigenvalue weighted by Gasteiger charge is 2.16. The van der Waals surface area contributed by atoms with E-state index >= 15 is 0 Å². The molecule has 156 valence electrons. The quantitative estimate of drug-likeness (QED) is 0.429. The average Bonchev–Trinajstić information content (AvgIpc) is 3.21. The molecular weight excluding hydrogens is 471 g/mol. The van der Waals surface area contributed by atoms with E-state index in [-0.39, 0.29) is 10.9 Å². The fourth-order valence-corrected chi connectivity index (χ4v) is 3.27. The van der Waals surface area contributed by atoms with Crippen molar-refractivity contribution >= 4 is 63.7 Å². The molecule has 3 aromatic rings. The molecule has 0 aliphatic carbocycles. The summed E-state index contributed by atoms with van der Waals surface area (Å²) < 4.78 is 16.1. The molecule has 6 nitrogen and oxygen atoms in total. The van der Waals surface area contributed by atoms with Gasteiger partial charge in [0.05, 0.1) is 35.0 Å². The van der Waals surface area contributed by atoms with Gasteiger partial charge in [0.15, 0.2) is 10.9 Å². The van der Waals surface area contributed by atoms with Gasteiger partial charge in [0.2, 0.25) is 0 Å². The van der Waals surface area contributed by atoms with Crippen LogP contribution in [0.15, 0.2) is 46.9 Å². The number of amides is 1. The number of carbonyl (C=O) groups excluding carboxylic acids is 1. The van der Waals surface area contributed by atoms with Crippen LogP contribution in [0.5, 0.6) is 11.5 Å². The number of rotatable bonds is 5. The molecule has 1 amide bonds. The predicted molar refractivity (Wildman–Crippen MR) is 122 cm³/mol. The van der Waals surface area contributed by atoms with Gasteiger partial charge in [-0.05, 0) is 42.5 Å². The standard InChI is InChI=1S/C20H15Cl3N2O4S/c1-27-17-9-14(18(28-2)8-13(17)23)24-20(30)25-19(26)16-6-5-15(29-16)10-3-4-11(21)12(22)7-10/h3-9H,1-2H3,(H2,24,25,26,30). The van der Waals surface area contributed by atoms with Crippen LogP contribution in [-0.4, -0.2) is 25.2 Å². The number of thiocarbonyl (C=S) groups is 1. The van der Waals surface area contributed by atoms with Crippen LogP contribution in [0, 0.1) is 0 Å². The number of benzene rings is 2. The minimum absolute atomic E-state index is 0.0372. The molecule has 0 atom stereocenters. The lowest BCUT2D eigenvalue weighted by Gasteiger charge is -2.14. The zero-order valence-electron chi connectivity index (χ0n) is 15.7. The van der Waals surface area contributed by atoms with Crippen molar-refractivity contribution in [2.24, 2.45) is 0 Å². The summed E-state index contributed by atoms with van der Waals surface area (Å²) in [6, 6.07) is 11.4. The maximum absolute atomic E-state index is 12.5. The van der Waals surface area contributed by atoms with E-state index in [2.05, 4.69) is 10.6 Å². The topological polar surface area (TPSA) is 72.7 Å². The first-order valence-electron chi connectivity index (χ1n) is 8.41. The Hall–Kier alpha value is -2.45. The first kappa shape index (κ1) is 22.2. The minimum Gasteiger partial charge on any atom is -0.495 e. The van der Waals surface area contributed by atoms with E-state index in [1.54, 1.807) is 36.4 Å². The summed E-state index contributed by atoms with van der Waals surface area (Å²) in [5.74, 6) is 0.852. The molecule has 0 saturated heterocycles. The molecule has 0 aliphatic rings. The van der Waals surface area contributed by atoms with Crippen LogP contribution >= 0.6 is 47.0 Å². The number of carbonyl (C=O) groups is 1. The van der Waals surface area contributed by atoms with E-state index in [1.807, 2.05) is 0 Å². The number of anilines is 1. The Labute approximate surface area is 193 Å². The van der Waals surface area contributed by atoms with E-state index in [9.17, 15) is 4.79 Å². The zero-order valence-corrected chi connectivity index (χ0v) is 18.8. The molecule has 1 aromatic heterocycles. The minimum atomic E-state index is -0.529. The van der Waals surface area contributed by atoms with Gasteiger partial charge in [-0.25, -0.2) is 0 Å². The van der Waals surface area contributed by atoms with Gasteiger partial charge in [-0.15, -0.1) is 0 Å². The van der Waals surface area contributed by atoms with E-state index in [0.717, 1.165) is 0 Å². The number of ether oxygens (including phenoxy) is 2. The molecule has 1 heterocycles. The maximum atomic E-state index is 12.5. The molecular formula is C20H15Cl3N2O4S. The average molecular weight is 486 g/mol. The molecule has 3 rings (SSSR count). The second kappa shape index (κ2) is 9.57. The van der Waals surface area contributed by atoms with Crippen LogP contribution in [0.2, 0.25) is 15.1 Å². The van der Waals surface area contributed by atoms with E-state index in [0.29, 0.717) is 43.6 Å². The molecule has 2 N–H and O–H groups in total. The van der Waals surface area contributed by atoms with Crippen LogP contribution in [0.1, 0.15) is 10.6 Å². The normalized spacial score (nSPS) is 10.4. The summed E-state index contributed by atoms with van der Waals surface area (Å²) >= 11 is 23.3. The Bertz CT molecular complexity index is 1120. The van der Waals surface area contributed by atoms with Crippen LogP contribution in [0.4, 0.5) is 5.69 Å². The Balaban J connectivity index is 1.72. The molecule has 0 bridgehead atoms. The Kier molecular flexibility index (Phi) is 7.10. The molecule has 0 aliphatic heterocycles. The zero-order chi connectivity index (χ0) is 21.8. The summed E-state index contributed by atoms with van der Waals surface area (Å²) in [6.07, 6.45) is 0. The lowest BCUT2D eigenvalue weighted by molar-refractivity contribution is 0.0951. The van der Waals surface area contributed by atoms with Crippen LogP contribution in [-0.2, 0) is 0 Å².